The van der Waals surface area contributed by atoms with Crippen LogP contribution in [0.4, 0.5) is 11.4 Å². The molecule has 0 saturated heterocycles. The largest absolute Gasteiger partial charge is 0.493 e. The van der Waals surface area contributed by atoms with Gasteiger partial charge >= 0.3 is 0 Å². The van der Waals surface area contributed by atoms with Crippen LogP contribution < -0.4 is 14.8 Å². The van der Waals surface area contributed by atoms with Gasteiger partial charge in [0.1, 0.15) is 0 Å². The van der Waals surface area contributed by atoms with Gasteiger partial charge in [0.25, 0.3) is 5.69 Å². The van der Waals surface area contributed by atoms with Gasteiger partial charge in [-0.15, -0.1) is 0 Å². The molecule has 5 rings (SSSR count). The quantitative estimate of drug-likeness (QED) is 0.603. The van der Waals surface area contributed by atoms with Crippen molar-refractivity contribution in [1.29, 1.82) is 0 Å². The van der Waals surface area contributed by atoms with Crippen LogP contribution in [0.5, 0.6) is 11.5 Å². The van der Waals surface area contributed by atoms with Crippen LogP contribution >= 0.6 is 0 Å². The standard InChI is InChI=1S/C22H24N2O4/c1-27-18-8-5-14(10-19(18)28-2)22-21-13-4-3-12(9-13)20(21)16-11-15(24(25)26)6-7-17(16)23-22/h5-8,10-13,20-23H,3-4,9H2,1-2H3. The summed E-state index contributed by atoms with van der Waals surface area (Å²) in [6.07, 6.45) is 3.71. The Morgan fingerprint density at radius 1 is 1.04 bits per heavy atom. The maximum absolute atomic E-state index is 11.3. The van der Waals surface area contributed by atoms with E-state index in [1.54, 1.807) is 26.4 Å². The number of fused-ring (bicyclic) bond motifs is 7. The molecule has 0 amide bonds. The zero-order chi connectivity index (χ0) is 19.4. The monoisotopic (exact) mass is 380 g/mol. The van der Waals surface area contributed by atoms with Crippen LogP contribution in [-0.4, -0.2) is 19.1 Å². The second-order valence-electron chi connectivity index (χ2n) is 8.20. The van der Waals surface area contributed by atoms with Gasteiger partial charge in [0.2, 0.25) is 0 Å². The van der Waals surface area contributed by atoms with Crippen LogP contribution in [0, 0.1) is 27.9 Å². The van der Waals surface area contributed by atoms with Gasteiger partial charge in [-0.05, 0) is 72.3 Å². The number of anilines is 1. The van der Waals surface area contributed by atoms with Crippen LogP contribution in [0.2, 0.25) is 0 Å². The smallest absolute Gasteiger partial charge is 0.269 e. The molecular weight excluding hydrogens is 356 g/mol. The van der Waals surface area contributed by atoms with Crippen LogP contribution in [0.3, 0.4) is 0 Å². The van der Waals surface area contributed by atoms with Gasteiger partial charge in [0.15, 0.2) is 11.5 Å². The van der Waals surface area contributed by atoms with Crippen LogP contribution in [0.15, 0.2) is 36.4 Å². The third-order valence-corrected chi connectivity index (χ3v) is 7.05. The number of nitro groups is 1. The fourth-order valence-corrected chi connectivity index (χ4v) is 5.96. The zero-order valence-corrected chi connectivity index (χ0v) is 16.1. The molecule has 5 unspecified atom stereocenters. The number of nitrogens with zero attached hydrogens (tertiary/aromatic N) is 1. The van der Waals surface area contributed by atoms with Gasteiger partial charge < -0.3 is 14.8 Å². The fraction of sp³-hybridized carbons (Fsp3) is 0.455. The molecule has 1 aliphatic heterocycles. The molecule has 1 N–H and O–H groups in total. The lowest BCUT2D eigenvalue weighted by Gasteiger charge is -2.43. The topological polar surface area (TPSA) is 73.6 Å². The molecule has 0 radical (unpaired) electrons. The van der Waals surface area contributed by atoms with E-state index in [-0.39, 0.29) is 16.7 Å². The Morgan fingerprint density at radius 3 is 2.57 bits per heavy atom. The average molecular weight is 380 g/mol. The molecule has 2 aliphatic carbocycles. The summed E-state index contributed by atoms with van der Waals surface area (Å²) in [5.41, 5.74) is 3.53. The minimum absolute atomic E-state index is 0.175. The van der Waals surface area contributed by atoms with Gasteiger partial charge in [-0.25, -0.2) is 0 Å². The minimum Gasteiger partial charge on any atom is -0.493 e. The van der Waals surface area contributed by atoms with Crippen molar-refractivity contribution in [2.75, 3.05) is 19.5 Å². The van der Waals surface area contributed by atoms with E-state index in [1.165, 1.54) is 24.8 Å². The average Bonchev–Trinajstić information content (AvgIpc) is 3.34. The Kier molecular flexibility index (Phi) is 3.96. The number of non-ortho nitro benzene ring substituents is 1. The molecule has 0 spiro atoms. The summed E-state index contributed by atoms with van der Waals surface area (Å²) in [5, 5.41) is 15.0. The van der Waals surface area contributed by atoms with Crippen LogP contribution in [0.25, 0.3) is 0 Å². The highest BCUT2D eigenvalue weighted by atomic mass is 16.6. The van der Waals surface area contributed by atoms with E-state index in [0.717, 1.165) is 22.7 Å². The Hall–Kier alpha value is -2.76. The summed E-state index contributed by atoms with van der Waals surface area (Å²) < 4.78 is 10.9. The second-order valence-corrected chi connectivity index (χ2v) is 8.20. The first-order valence-corrected chi connectivity index (χ1v) is 9.87. The third kappa shape index (κ3) is 2.47. The molecule has 1 heterocycles. The van der Waals surface area contributed by atoms with Crippen molar-refractivity contribution in [3.05, 3.63) is 57.6 Å². The highest BCUT2D eigenvalue weighted by Gasteiger charge is 2.54. The molecule has 2 aromatic carbocycles. The molecule has 6 heteroatoms. The molecule has 2 saturated carbocycles. The molecule has 5 atom stereocenters. The SMILES string of the molecule is COc1ccc(C2Nc3ccc([N+](=O)[O-])cc3C3C4CCC(C4)C23)cc1OC. The Balaban J connectivity index is 1.60. The first-order valence-electron chi connectivity index (χ1n) is 9.87. The van der Waals surface area contributed by atoms with Crippen molar-refractivity contribution in [2.24, 2.45) is 17.8 Å². The summed E-state index contributed by atoms with van der Waals surface area (Å²) in [6.45, 7) is 0. The molecule has 2 fully saturated rings. The second kappa shape index (κ2) is 6.40. The number of nitro benzene ring substituents is 1. The van der Waals surface area contributed by atoms with Crippen molar-refractivity contribution in [2.45, 2.75) is 31.2 Å². The number of methoxy groups -OCH3 is 2. The lowest BCUT2D eigenvalue weighted by molar-refractivity contribution is -0.384. The number of benzene rings is 2. The van der Waals surface area contributed by atoms with Crippen LogP contribution in [-0.2, 0) is 0 Å². The number of rotatable bonds is 4. The number of hydrogen-bond acceptors (Lipinski definition) is 5. The Morgan fingerprint density at radius 2 is 1.82 bits per heavy atom. The van der Waals surface area contributed by atoms with Crippen molar-refractivity contribution >= 4 is 11.4 Å². The molecule has 2 bridgehead atoms. The number of nitrogens with one attached hydrogen (secondary N) is 1. The lowest BCUT2D eigenvalue weighted by atomic mass is 9.68. The maximum Gasteiger partial charge on any atom is 0.269 e. The molecule has 0 aromatic heterocycles. The van der Waals surface area contributed by atoms with Crippen LogP contribution in [0.1, 0.15) is 42.3 Å². The Labute approximate surface area is 164 Å². The summed E-state index contributed by atoms with van der Waals surface area (Å²) in [7, 11) is 3.30. The van der Waals surface area contributed by atoms with E-state index in [9.17, 15) is 10.1 Å². The highest BCUT2D eigenvalue weighted by Crippen LogP contribution is 2.64. The van der Waals surface area contributed by atoms with Crippen molar-refractivity contribution in [3.63, 3.8) is 0 Å². The van der Waals surface area contributed by atoms with E-state index in [4.69, 9.17) is 9.47 Å². The molecule has 2 aromatic rings. The molecule has 6 nitrogen and oxygen atoms in total. The molecule has 146 valence electrons. The first kappa shape index (κ1) is 17.3. The third-order valence-electron chi connectivity index (χ3n) is 7.05. The van der Waals surface area contributed by atoms with E-state index in [2.05, 4.69) is 17.4 Å². The summed E-state index contributed by atoms with van der Waals surface area (Å²) in [4.78, 5) is 11.0. The zero-order valence-electron chi connectivity index (χ0n) is 16.1. The van der Waals surface area contributed by atoms with E-state index < -0.39 is 0 Å². The van der Waals surface area contributed by atoms with Gasteiger partial charge in [-0.3, -0.25) is 10.1 Å². The van der Waals surface area contributed by atoms with Crippen molar-refractivity contribution < 1.29 is 14.4 Å². The summed E-state index contributed by atoms with van der Waals surface area (Å²) in [6, 6.07) is 11.6. The fourth-order valence-electron chi connectivity index (χ4n) is 5.96. The van der Waals surface area contributed by atoms with E-state index in [1.807, 2.05) is 12.1 Å². The number of hydrogen-bond donors (Lipinski definition) is 1. The lowest BCUT2D eigenvalue weighted by Crippen LogP contribution is -2.35. The van der Waals surface area contributed by atoms with E-state index in [0.29, 0.717) is 23.7 Å². The normalized spacial score (nSPS) is 29.6. The predicted octanol–water partition coefficient (Wildman–Crippen LogP) is 4.91. The Bertz CT molecular complexity index is 944. The molecule has 28 heavy (non-hydrogen) atoms. The van der Waals surface area contributed by atoms with Crippen molar-refractivity contribution in [3.8, 4) is 11.5 Å². The molecule has 3 aliphatic rings. The highest BCUT2D eigenvalue weighted by molar-refractivity contribution is 5.62. The minimum atomic E-state index is -0.289. The van der Waals surface area contributed by atoms with Gasteiger partial charge in [0, 0.05) is 17.8 Å². The van der Waals surface area contributed by atoms with E-state index >= 15 is 0 Å². The van der Waals surface area contributed by atoms with Gasteiger partial charge in [-0.2, -0.15) is 0 Å². The maximum atomic E-state index is 11.3. The number of ether oxygens (including phenoxy) is 2. The molecular formula is C22H24N2O4. The van der Waals surface area contributed by atoms with Gasteiger partial charge in [-0.1, -0.05) is 6.07 Å². The summed E-state index contributed by atoms with van der Waals surface area (Å²) >= 11 is 0. The first-order chi connectivity index (χ1) is 13.6. The summed E-state index contributed by atoms with van der Waals surface area (Å²) in [5.74, 6) is 3.58. The predicted molar refractivity (Wildman–Crippen MR) is 106 cm³/mol. The van der Waals surface area contributed by atoms with Gasteiger partial charge in [0.05, 0.1) is 25.2 Å². The van der Waals surface area contributed by atoms with Crippen molar-refractivity contribution in [1.82, 2.24) is 0 Å².